The molecule has 0 saturated carbocycles. The molecule has 0 N–H and O–H groups in total. The van der Waals surface area contributed by atoms with Crippen LogP contribution in [0.4, 0.5) is 8.78 Å². The minimum absolute atomic E-state index is 0.0203. The lowest BCUT2D eigenvalue weighted by Gasteiger charge is -2.02. The Labute approximate surface area is 90.6 Å². The third-order valence-corrected chi connectivity index (χ3v) is 2.17. The van der Waals surface area contributed by atoms with Gasteiger partial charge in [-0.25, -0.2) is 8.78 Å². The van der Waals surface area contributed by atoms with Crippen LogP contribution in [0.1, 0.15) is 10.4 Å². The van der Waals surface area contributed by atoms with E-state index in [0.717, 1.165) is 6.20 Å². The van der Waals surface area contributed by atoms with E-state index in [0.29, 0.717) is 17.4 Å². The number of rotatable bonds is 2. The van der Waals surface area contributed by atoms with Crippen molar-refractivity contribution in [3.05, 3.63) is 53.9 Å². The Hall–Kier alpha value is -2.10. The molecule has 16 heavy (non-hydrogen) atoms. The molecule has 4 heteroatoms. The summed E-state index contributed by atoms with van der Waals surface area (Å²) in [6.07, 6.45) is 2.93. The number of aromatic nitrogens is 1. The molecule has 0 saturated heterocycles. The Morgan fingerprint density at radius 2 is 1.88 bits per heavy atom. The van der Waals surface area contributed by atoms with Crippen molar-refractivity contribution >= 4 is 6.29 Å². The van der Waals surface area contributed by atoms with Crippen LogP contribution in [-0.2, 0) is 0 Å². The number of carbonyl (C=O) groups excluding carboxylic acids is 1. The van der Waals surface area contributed by atoms with Gasteiger partial charge in [0.05, 0.1) is 11.8 Å². The highest BCUT2D eigenvalue weighted by Gasteiger charge is 2.05. The molecule has 0 unspecified atom stereocenters. The number of halogens is 2. The minimum atomic E-state index is -0.628. The first-order valence-electron chi connectivity index (χ1n) is 4.56. The molecule has 2 aromatic rings. The highest BCUT2D eigenvalue weighted by molar-refractivity contribution is 5.77. The Bertz CT molecular complexity index is 540. The summed E-state index contributed by atoms with van der Waals surface area (Å²) in [5, 5.41) is 0. The Morgan fingerprint density at radius 1 is 1.06 bits per heavy atom. The lowest BCUT2D eigenvalue weighted by atomic mass is 10.1. The summed E-state index contributed by atoms with van der Waals surface area (Å²) in [4.78, 5) is 14.1. The van der Waals surface area contributed by atoms with Gasteiger partial charge in [0.1, 0.15) is 11.6 Å². The molecule has 0 aliphatic carbocycles. The van der Waals surface area contributed by atoms with Gasteiger partial charge in [0.15, 0.2) is 6.29 Å². The van der Waals surface area contributed by atoms with Gasteiger partial charge in [-0.1, -0.05) is 6.07 Å². The van der Waals surface area contributed by atoms with Crippen LogP contribution in [0.25, 0.3) is 11.1 Å². The average molecular weight is 219 g/mol. The minimum Gasteiger partial charge on any atom is -0.298 e. The highest BCUT2D eigenvalue weighted by atomic mass is 19.1. The fourth-order valence-corrected chi connectivity index (χ4v) is 1.37. The van der Waals surface area contributed by atoms with E-state index in [2.05, 4.69) is 4.98 Å². The Morgan fingerprint density at radius 3 is 2.50 bits per heavy atom. The molecule has 1 aromatic carbocycles. The molecule has 0 amide bonds. The van der Waals surface area contributed by atoms with E-state index in [1.165, 1.54) is 24.4 Å². The zero-order valence-electron chi connectivity index (χ0n) is 8.15. The quantitative estimate of drug-likeness (QED) is 0.727. The third-order valence-electron chi connectivity index (χ3n) is 2.17. The smallest absolute Gasteiger partial charge is 0.152 e. The van der Waals surface area contributed by atoms with Crippen LogP contribution in [0.2, 0.25) is 0 Å². The lowest BCUT2D eigenvalue weighted by molar-refractivity contribution is 0.112. The Kier molecular flexibility index (Phi) is 2.72. The number of aldehydes is 1. The average Bonchev–Trinajstić information content (AvgIpc) is 2.29. The van der Waals surface area contributed by atoms with Gasteiger partial charge in [-0.3, -0.25) is 9.78 Å². The van der Waals surface area contributed by atoms with E-state index in [4.69, 9.17) is 0 Å². The summed E-state index contributed by atoms with van der Waals surface area (Å²) in [5.74, 6) is -1.12. The van der Waals surface area contributed by atoms with Crippen molar-refractivity contribution in [3.8, 4) is 11.1 Å². The van der Waals surface area contributed by atoms with Crippen LogP contribution >= 0.6 is 0 Å². The highest BCUT2D eigenvalue weighted by Crippen LogP contribution is 2.21. The van der Waals surface area contributed by atoms with Crippen molar-refractivity contribution in [2.45, 2.75) is 0 Å². The molecule has 2 rings (SSSR count). The monoisotopic (exact) mass is 219 g/mol. The van der Waals surface area contributed by atoms with Crippen LogP contribution in [-0.4, -0.2) is 11.3 Å². The summed E-state index contributed by atoms with van der Waals surface area (Å²) >= 11 is 0. The van der Waals surface area contributed by atoms with Crippen LogP contribution in [0.3, 0.4) is 0 Å². The first-order chi connectivity index (χ1) is 7.70. The van der Waals surface area contributed by atoms with Crippen molar-refractivity contribution in [1.82, 2.24) is 4.98 Å². The first-order valence-corrected chi connectivity index (χ1v) is 4.56. The second-order valence-electron chi connectivity index (χ2n) is 3.25. The van der Waals surface area contributed by atoms with E-state index in [-0.39, 0.29) is 5.56 Å². The van der Waals surface area contributed by atoms with Gasteiger partial charge >= 0.3 is 0 Å². The summed E-state index contributed by atoms with van der Waals surface area (Å²) in [6, 6.07) is 5.33. The zero-order chi connectivity index (χ0) is 11.5. The van der Waals surface area contributed by atoms with E-state index in [1.54, 1.807) is 6.07 Å². The molecule has 0 radical (unpaired) electrons. The predicted octanol–water partition coefficient (Wildman–Crippen LogP) is 2.84. The number of nitrogens with zero attached hydrogens (tertiary/aromatic N) is 1. The van der Waals surface area contributed by atoms with Crippen molar-refractivity contribution < 1.29 is 13.6 Å². The maximum Gasteiger partial charge on any atom is 0.152 e. The second kappa shape index (κ2) is 4.18. The molecule has 0 fully saturated rings. The van der Waals surface area contributed by atoms with Gasteiger partial charge in [0.2, 0.25) is 0 Å². The molecule has 0 aliphatic heterocycles. The van der Waals surface area contributed by atoms with Gasteiger partial charge in [0, 0.05) is 11.8 Å². The first kappa shape index (κ1) is 10.4. The van der Waals surface area contributed by atoms with E-state index in [9.17, 15) is 13.6 Å². The molecule has 1 heterocycles. The largest absolute Gasteiger partial charge is 0.298 e. The van der Waals surface area contributed by atoms with Gasteiger partial charge in [0.25, 0.3) is 0 Å². The van der Waals surface area contributed by atoms with Crippen LogP contribution < -0.4 is 0 Å². The molecule has 0 bridgehead atoms. The second-order valence-corrected chi connectivity index (χ2v) is 3.25. The van der Waals surface area contributed by atoms with Gasteiger partial charge in [-0.15, -0.1) is 0 Å². The van der Waals surface area contributed by atoms with Crippen molar-refractivity contribution in [1.29, 1.82) is 0 Å². The molecule has 0 aliphatic rings. The van der Waals surface area contributed by atoms with Crippen LogP contribution in [0.15, 0.2) is 36.7 Å². The van der Waals surface area contributed by atoms with E-state index >= 15 is 0 Å². The molecule has 2 nitrogen and oxygen atoms in total. The van der Waals surface area contributed by atoms with Gasteiger partial charge in [-0.2, -0.15) is 0 Å². The van der Waals surface area contributed by atoms with Gasteiger partial charge in [-0.05, 0) is 23.8 Å². The number of carbonyl (C=O) groups is 1. The van der Waals surface area contributed by atoms with Crippen molar-refractivity contribution in [2.75, 3.05) is 0 Å². The fourth-order valence-electron chi connectivity index (χ4n) is 1.37. The number of hydrogen-bond acceptors (Lipinski definition) is 2. The summed E-state index contributed by atoms with van der Waals surface area (Å²) in [7, 11) is 0. The lowest BCUT2D eigenvalue weighted by Crippen LogP contribution is -1.89. The normalized spacial score (nSPS) is 10.1. The van der Waals surface area contributed by atoms with Crippen molar-refractivity contribution in [2.24, 2.45) is 0 Å². The molecular weight excluding hydrogens is 212 g/mol. The molecule has 80 valence electrons. The van der Waals surface area contributed by atoms with Crippen LogP contribution in [0, 0.1) is 11.6 Å². The molecular formula is C12H7F2NO. The number of hydrogen-bond donors (Lipinski definition) is 0. The molecule has 1 aromatic heterocycles. The summed E-state index contributed by atoms with van der Waals surface area (Å²) in [5.41, 5.74) is 0.930. The zero-order valence-corrected chi connectivity index (χ0v) is 8.15. The topological polar surface area (TPSA) is 30.0 Å². The fraction of sp³-hybridized carbons (Fsp3) is 0. The number of pyridine rings is 1. The standard InChI is InChI=1S/C12H7F2NO/c13-11-3-10(5-15-6-11)8-1-2-9(7-16)12(14)4-8/h1-7H. The van der Waals surface area contributed by atoms with E-state index in [1.807, 2.05) is 0 Å². The number of benzene rings is 1. The predicted molar refractivity (Wildman–Crippen MR) is 55.0 cm³/mol. The SMILES string of the molecule is O=Cc1ccc(-c2cncc(F)c2)cc1F. The summed E-state index contributed by atoms with van der Waals surface area (Å²) < 4.78 is 26.2. The van der Waals surface area contributed by atoms with E-state index < -0.39 is 11.6 Å². The summed E-state index contributed by atoms with van der Waals surface area (Å²) in [6.45, 7) is 0. The maximum absolute atomic E-state index is 13.3. The van der Waals surface area contributed by atoms with Gasteiger partial charge < -0.3 is 0 Å². The third kappa shape index (κ3) is 1.95. The maximum atomic E-state index is 13.3. The molecule has 0 spiro atoms. The van der Waals surface area contributed by atoms with Crippen molar-refractivity contribution in [3.63, 3.8) is 0 Å². The molecule has 0 atom stereocenters. The van der Waals surface area contributed by atoms with Crippen LogP contribution in [0.5, 0.6) is 0 Å². The Balaban J connectivity index is 2.49.